The molecule has 0 bridgehead atoms. The summed E-state index contributed by atoms with van der Waals surface area (Å²) in [7, 11) is 0.728. The molecular formula is C5H14NNaO2S2. The van der Waals surface area contributed by atoms with Gasteiger partial charge in [-0.25, -0.2) is 4.21 Å². The molecule has 2 unspecified atom stereocenters. The molecule has 6 heteroatoms. The van der Waals surface area contributed by atoms with Crippen molar-refractivity contribution in [3.05, 3.63) is 0 Å². The molecule has 3 nitrogen and oxygen atoms in total. The van der Waals surface area contributed by atoms with Gasteiger partial charge in [0.2, 0.25) is 0 Å². The van der Waals surface area contributed by atoms with Gasteiger partial charge >= 0.3 is 29.6 Å². The molecule has 1 N–H and O–H groups in total. The topological polar surface area (TPSA) is 40.5 Å². The first-order valence-electron chi connectivity index (χ1n) is 2.94. The van der Waals surface area contributed by atoms with Crippen LogP contribution < -0.4 is 29.6 Å². The van der Waals surface area contributed by atoms with Gasteiger partial charge in [0.1, 0.15) is 8.77 Å². The van der Waals surface area contributed by atoms with Gasteiger partial charge in [-0.2, -0.15) is 0 Å². The minimum absolute atomic E-state index is 0. The number of nitrogens with zero attached hydrogens (tertiary/aromatic N) is 1. The molecule has 2 atom stereocenters. The van der Waals surface area contributed by atoms with E-state index in [0.29, 0.717) is 0 Å². The van der Waals surface area contributed by atoms with Crippen molar-refractivity contribution < 1.29 is 39.7 Å². The standard InChI is InChI=1S/C5H13NO2S2.Na.H/c1-5(6(2)3)4-10(7,8)9;;/h5H,4H2,1-3H3,(H,7,8,9);;/q;+1;-1. The maximum absolute atomic E-state index is 10.6. The minimum atomic E-state index is -2.98. The fourth-order valence-corrected chi connectivity index (χ4v) is 1.95. The minimum Gasteiger partial charge on any atom is -1.00 e. The Hall–Kier alpha value is 1.29. The Labute approximate surface area is 96.8 Å². The van der Waals surface area contributed by atoms with Crippen LogP contribution >= 0.6 is 0 Å². The van der Waals surface area contributed by atoms with Crippen molar-refractivity contribution in [1.29, 1.82) is 0 Å². The average molecular weight is 207 g/mol. The molecule has 0 aromatic heterocycles. The Morgan fingerprint density at radius 1 is 1.73 bits per heavy atom. The molecule has 0 aliphatic rings. The predicted octanol–water partition coefficient (Wildman–Crippen LogP) is -2.73. The van der Waals surface area contributed by atoms with Crippen molar-refractivity contribution in [3.63, 3.8) is 0 Å². The van der Waals surface area contributed by atoms with Crippen molar-refractivity contribution in [2.75, 3.05) is 19.8 Å². The Morgan fingerprint density at radius 3 is 2.18 bits per heavy atom. The van der Waals surface area contributed by atoms with Gasteiger partial charge in [0.15, 0.2) is 0 Å². The van der Waals surface area contributed by atoms with Crippen LogP contribution in [0.4, 0.5) is 0 Å². The summed E-state index contributed by atoms with van der Waals surface area (Å²) >= 11 is 4.34. The molecule has 64 valence electrons. The van der Waals surface area contributed by atoms with Crippen LogP contribution in [0.15, 0.2) is 0 Å². The molecule has 0 saturated carbocycles. The summed E-state index contributed by atoms with van der Waals surface area (Å²) < 4.78 is 19.4. The van der Waals surface area contributed by atoms with E-state index in [-0.39, 0.29) is 42.8 Å². The molecule has 0 fully saturated rings. The molecule has 11 heavy (non-hydrogen) atoms. The summed E-state index contributed by atoms with van der Waals surface area (Å²) in [6.45, 7) is 1.86. The monoisotopic (exact) mass is 207 g/mol. The van der Waals surface area contributed by atoms with Crippen LogP contribution in [0, 0.1) is 0 Å². The molecule has 0 rings (SSSR count). The molecule has 0 aromatic rings. The summed E-state index contributed by atoms with van der Waals surface area (Å²) in [5.41, 5.74) is 0. The van der Waals surface area contributed by atoms with Gasteiger partial charge in [0, 0.05) is 17.2 Å². The van der Waals surface area contributed by atoms with E-state index in [9.17, 15) is 4.21 Å². The number of hydrogen-bond acceptors (Lipinski definition) is 3. The van der Waals surface area contributed by atoms with Crippen molar-refractivity contribution in [1.82, 2.24) is 4.90 Å². The maximum atomic E-state index is 10.6. The van der Waals surface area contributed by atoms with Crippen LogP contribution in [0.1, 0.15) is 8.35 Å². The van der Waals surface area contributed by atoms with Gasteiger partial charge in [0.25, 0.3) is 0 Å². The van der Waals surface area contributed by atoms with E-state index in [0.717, 1.165) is 0 Å². The van der Waals surface area contributed by atoms with Crippen molar-refractivity contribution in [3.8, 4) is 0 Å². The molecule has 0 saturated heterocycles. The van der Waals surface area contributed by atoms with Gasteiger partial charge in [-0.15, -0.1) is 0 Å². The molecule has 0 heterocycles. The van der Waals surface area contributed by atoms with Crippen LogP contribution in [0.2, 0.25) is 0 Å². The first-order valence-corrected chi connectivity index (χ1v) is 5.55. The van der Waals surface area contributed by atoms with Crippen molar-refractivity contribution >= 4 is 20.0 Å². The summed E-state index contributed by atoms with van der Waals surface area (Å²) in [6.07, 6.45) is 0. The van der Waals surface area contributed by atoms with Crippen LogP contribution in [0.5, 0.6) is 0 Å². The van der Waals surface area contributed by atoms with Gasteiger partial charge in [-0.05, 0) is 21.0 Å². The van der Waals surface area contributed by atoms with E-state index < -0.39 is 8.77 Å². The normalized spacial score (nSPS) is 18.6. The zero-order chi connectivity index (χ0) is 8.36. The molecule has 0 amide bonds. The molecule has 0 radical (unpaired) electrons. The quantitative estimate of drug-likeness (QED) is 0.510. The first kappa shape index (κ1) is 14.8. The van der Waals surface area contributed by atoms with E-state index in [4.69, 9.17) is 4.55 Å². The fourth-order valence-electron chi connectivity index (χ4n) is 0.454. The predicted molar refractivity (Wildman–Crippen MR) is 47.3 cm³/mol. The van der Waals surface area contributed by atoms with Gasteiger partial charge in [0.05, 0.1) is 5.75 Å². The SMILES string of the molecule is CC(CS(=O)(O)=S)N(C)C.[H-].[Na+]. The zero-order valence-electron chi connectivity index (χ0n) is 8.40. The van der Waals surface area contributed by atoms with E-state index in [1.807, 2.05) is 25.9 Å². The summed E-state index contributed by atoms with van der Waals surface area (Å²) in [5, 5.41) is 0. The van der Waals surface area contributed by atoms with E-state index in [1.54, 1.807) is 0 Å². The maximum Gasteiger partial charge on any atom is 1.00 e. The summed E-state index contributed by atoms with van der Waals surface area (Å²) in [5.74, 6) is 0.162. The Kier molecular flexibility index (Phi) is 7.87. The van der Waals surface area contributed by atoms with Crippen molar-refractivity contribution in [2.45, 2.75) is 13.0 Å². The Bertz CT molecular complexity index is 196. The Balaban J connectivity index is -0.000000405. The third-order valence-corrected chi connectivity index (χ3v) is 2.65. The molecule has 0 aliphatic heterocycles. The van der Waals surface area contributed by atoms with E-state index >= 15 is 0 Å². The second kappa shape index (κ2) is 5.85. The van der Waals surface area contributed by atoms with Crippen LogP contribution in [0.25, 0.3) is 0 Å². The summed E-state index contributed by atoms with van der Waals surface area (Å²) in [6, 6.07) is 0.0648. The first-order chi connectivity index (χ1) is 4.33. The average Bonchev–Trinajstić information content (AvgIpc) is 1.60. The largest absolute Gasteiger partial charge is 1.00 e. The molecule has 0 aliphatic carbocycles. The fraction of sp³-hybridized carbons (Fsp3) is 1.00. The van der Waals surface area contributed by atoms with E-state index in [1.165, 1.54) is 0 Å². The summed E-state index contributed by atoms with van der Waals surface area (Å²) in [4.78, 5) is 1.86. The van der Waals surface area contributed by atoms with Crippen LogP contribution in [-0.2, 0) is 20.0 Å². The third kappa shape index (κ3) is 9.20. The molecule has 0 spiro atoms. The number of rotatable bonds is 3. The second-order valence-corrected chi connectivity index (χ2v) is 5.62. The Morgan fingerprint density at radius 2 is 2.09 bits per heavy atom. The van der Waals surface area contributed by atoms with Gasteiger partial charge < -0.3 is 10.9 Å². The zero-order valence-corrected chi connectivity index (χ0v) is 11.0. The van der Waals surface area contributed by atoms with Crippen molar-refractivity contribution in [2.24, 2.45) is 0 Å². The molecule has 0 aromatic carbocycles. The van der Waals surface area contributed by atoms with Crippen LogP contribution in [-0.4, -0.2) is 39.6 Å². The van der Waals surface area contributed by atoms with Gasteiger partial charge in [-0.1, -0.05) is 0 Å². The van der Waals surface area contributed by atoms with Crippen LogP contribution in [0.3, 0.4) is 0 Å². The number of hydrogen-bond donors (Lipinski definition) is 1. The molecular weight excluding hydrogens is 193 g/mol. The second-order valence-electron chi connectivity index (χ2n) is 2.56. The van der Waals surface area contributed by atoms with Gasteiger partial charge in [-0.3, -0.25) is 0 Å². The smallest absolute Gasteiger partial charge is 1.00 e. The van der Waals surface area contributed by atoms with E-state index in [2.05, 4.69) is 11.2 Å². The third-order valence-electron chi connectivity index (χ3n) is 1.33.